The molecule has 0 aliphatic carbocycles. The number of halogens is 1. The van der Waals surface area contributed by atoms with Crippen molar-refractivity contribution >= 4 is 46.2 Å². The highest BCUT2D eigenvalue weighted by Gasteiger charge is 2.23. The number of aliphatic imine (C=N–C) groups is 1. The fraction of sp³-hybridized carbons (Fsp3) is 0. The van der Waals surface area contributed by atoms with Gasteiger partial charge in [0.05, 0.1) is 10.6 Å². The minimum atomic E-state index is -0.143. The molecular formula is C20H14ClN3OS. The molecule has 0 radical (unpaired) electrons. The molecule has 1 saturated heterocycles. The molecule has 128 valence electrons. The van der Waals surface area contributed by atoms with Gasteiger partial charge in [0.1, 0.15) is 0 Å². The molecule has 1 amide bonds. The van der Waals surface area contributed by atoms with Crippen LogP contribution in [0.5, 0.6) is 0 Å². The van der Waals surface area contributed by atoms with Crippen LogP contribution in [0.2, 0.25) is 5.02 Å². The number of carbonyl (C=O) groups excluding carboxylic acids is 1. The number of para-hydroxylation sites is 1. The number of hydrogen-bond donors (Lipinski definition) is 1. The number of carbonyl (C=O) groups is 1. The highest BCUT2D eigenvalue weighted by Crippen LogP contribution is 2.28. The second-order valence-electron chi connectivity index (χ2n) is 5.65. The van der Waals surface area contributed by atoms with Gasteiger partial charge in [-0.2, -0.15) is 0 Å². The average molecular weight is 380 g/mol. The standard InChI is InChI=1S/C20H14ClN3OS/c21-15-6-8-16(9-7-15)22-20-23-19(25)18(26-20)12-14-10-11-24(13-14)17-4-2-1-3-5-17/h1-13H,(H,22,23,25)/b18-12+. The molecule has 3 aromatic rings. The summed E-state index contributed by atoms with van der Waals surface area (Å²) in [5, 5.41) is 4.01. The predicted octanol–water partition coefficient (Wildman–Crippen LogP) is 5.02. The zero-order valence-corrected chi connectivity index (χ0v) is 15.2. The molecule has 0 saturated carbocycles. The van der Waals surface area contributed by atoms with E-state index in [1.807, 2.05) is 71.6 Å². The van der Waals surface area contributed by atoms with Crippen LogP contribution in [-0.2, 0) is 4.79 Å². The molecule has 0 unspecified atom stereocenters. The summed E-state index contributed by atoms with van der Waals surface area (Å²) in [6, 6.07) is 19.2. The molecule has 6 heteroatoms. The lowest BCUT2D eigenvalue weighted by Crippen LogP contribution is -2.19. The zero-order chi connectivity index (χ0) is 17.9. The van der Waals surface area contributed by atoms with Gasteiger partial charge in [-0.05, 0) is 65.9 Å². The largest absolute Gasteiger partial charge is 0.323 e. The Labute approximate surface area is 160 Å². The Hall–Kier alpha value is -2.76. The molecular weight excluding hydrogens is 366 g/mol. The fourth-order valence-corrected chi connectivity index (χ4v) is 3.49. The van der Waals surface area contributed by atoms with E-state index in [-0.39, 0.29) is 5.91 Å². The van der Waals surface area contributed by atoms with Gasteiger partial charge >= 0.3 is 0 Å². The van der Waals surface area contributed by atoms with Gasteiger partial charge in [0.15, 0.2) is 5.17 Å². The SMILES string of the molecule is O=C1NC(=Nc2ccc(Cl)cc2)S/C1=C/c1ccn(-c2ccccc2)c1. The lowest BCUT2D eigenvalue weighted by atomic mass is 10.3. The minimum absolute atomic E-state index is 0.143. The molecule has 1 fully saturated rings. The quantitative estimate of drug-likeness (QED) is 0.649. The number of thioether (sulfide) groups is 1. The normalized spacial score (nSPS) is 17.0. The maximum atomic E-state index is 12.2. The van der Waals surface area contributed by atoms with Crippen LogP contribution in [0, 0.1) is 0 Å². The monoisotopic (exact) mass is 379 g/mol. The third kappa shape index (κ3) is 3.74. The molecule has 1 N–H and O–H groups in total. The van der Waals surface area contributed by atoms with Gasteiger partial charge in [0, 0.05) is 23.1 Å². The molecule has 26 heavy (non-hydrogen) atoms. The van der Waals surface area contributed by atoms with Crippen LogP contribution in [0.25, 0.3) is 11.8 Å². The van der Waals surface area contributed by atoms with Crippen molar-refractivity contribution in [2.75, 3.05) is 0 Å². The number of hydrogen-bond acceptors (Lipinski definition) is 3. The second-order valence-corrected chi connectivity index (χ2v) is 7.11. The molecule has 0 bridgehead atoms. The van der Waals surface area contributed by atoms with E-state index in [0.29, 0.717) is 15.1 Å². The second kappa shape index (κ2) is 7.23. The zero-order valence-electron chi connectivity index (χ0n) is 13.6. The maximum Gasteiger partial charge on any atom is 0.264 e. The van der Waals surface area contributed by atoms with Crippen LogP contribution in [0.1, 0.15) is 5.56 Å². The smallest absolute Gasteiger partial charge is 0.264 e. The van der Waals surface area contributed by atoms with Crippen LogP contribution in [0.15, 0.2) is 83.0 Å². The molecule has 0 atom stereocenters. The number of amidine groups is 1. The molecule has 0 spiro atoms. The van der Waals surface area contributed by atoms with Gasteiger partial charge < -0.3 is 9.88 Å². The van der Waals surface area contributed by atoms with Crippen LogP contribution >= 0.6 is 23.4 Å². The number of benzene rings is 2. The van der Waals surface area contributed by atoms with Crippen LogP contribution in [0.4, 0.5) is 5.69 Å². The van der Waals surface area contributed by atoms with Crippen LogP contribution in [-0.4, -0.2) is 15.6 Å². The van der Waals surface area contributed by atoms with Gasteiger partial charge in [-0.1, -0.05) is 29.8 Å². The number of rotatable bonds is 3. The summed E-state index contributed by atoms with van der Waals surface area (Å²) in [4.78, 5) is 17.3. The number of nitrogens with zero attached hydrogens (tertiary/aromatic N) is 2. The molecule has 2 heterocycles. The summed E-state index contributed by atoms with van der Waals surface area (Å²) in [5.74, 6) is -0.143. The van der Waals surface area contributed by atoms with Crippen molar-refractivity contribution in [3.63, 3.8) is 0 Å². The van der Waals surface area contributed by atoms with Gasteiger partial charge in [0.25, 0.3) is 5.91 Å². The number of aromatic nitrogens is 1. The third-order valence-electron chi connectivity index (χ3n) is 3.78. The van der Waals surface area contributed by atoms with E-state index in [2.05, 4.69) is 10.3 Å². The van der Waals surface area contributed by atoms with Gasteiger partial charge in [-0.3, -0.25) is 4.79 Å². The van der Waals surface area contributed by atoms with Crippen molar-refractivity contribution < 1.29 is 4.79 Å². The Kier molecular flexibility index (Phi) is 4.65. The van der Waals surface area contributed by atoms with E-state index in [1.165, 1.54) is 11.8 Å². The van der Waals surface area contributed by atoms with Gasteiger partial charge in [0.2, 0.25) is 0 Å². The average Bonchev–Trinajstić information content (AvgIpc) is 3.25. The first-order valence-corrected chi connectivity index (χ1v) is 9.15. The molecule has 1 aromatic heterocycles. The van der Waals surface area contributed by atoms with E-state index in [1.54, 1.807) is 12.1 Å². The van der Waals surface area contributed by atoms with Gasteiger partial charge in [-0.25, -0.2) is 4.99 Å². The number of nitrogens with one attached hydrogen (secondary N) is 1. The van der Waals surface area contributed by atoms with E-state index < -0.39 is 0 Å². The van der Waals surface area contributed by atoms with Crippen molar-refractivity contribution in [2.24, 2.45) is 4.99 Å². The molecule has 2 aromatic carbocycles. The summed E-state index contributed by atoms with van der Waals surface area (Å²) < 4.78 is 2.02. The first-order chi connectivity index (χ1) is 12.7. The van der Waals surface area contributed by atoms with Gasteiger partial charge in [-0.15, -0.1) is 0 Å². The Bertz CT molecular complexity index is 1010. The molecule has 1 aliphatic heterocycles. The summed E-state index contributed by atoms with van der Waals surface area (Å²) in [6.07, 6.45) is 5.83. The third-order valence-corrected chi connectivity index (χ3v) is 4.94. The Morgan fingerprint density at radius 2 is 1.81 bits per heavy atom. The van der Waals surface area contributed by atoms with Crippen molar-refractivity contribution in [1.29, 1.82) is 0 Å². The van der Waals surface area contributed by atoms with Crippen molar-refractivity contribution in [3.8, 4) is 5.69 Å². The lowest BCUT2D eigenvalue weighted by Gasteiger charge is -2.00. The maximum absolute atomic E-state index is 12.2. The molecule has 1 aliphatic rings. The Morgan fingerprint density at radius 3 is 2.58 bits per heavy atom. The number of amides is 1. The van der Waals surface area contributed by atoms with E-state index in [9.17, 15) is 4.79 Å². The van der Waals surface area contributed by atoms with Crippen molar-refractivity contribution in [3.05, 3.63) is 88.5 Å². The highest BCUT2D eigenvalue weighted by atomic mass is 35.5. The van der Waals surface area contributed by atoms with Crippen molar-refractivity contribution in [2.45, 2.75) is 0 Å². The summed E-state index contributed by atoms with van der Waals surface area (Å²) in [7, 11) is 0. The lowest BCUT2D eigenvalue weighted by molar-refractivity contribution is -0.115. The molecule has 4 nitrogen and oxygen atoms in total. The first kappa shape index (κ1) is 16.7. The Balaban J connectivity index is 1.54. The minimum Gasteiger partial charge on any atom is -0.323 e. The van der Waals surface area contributed by atoms with E-state index in [0.717, 1.165) is 16.9 Å². The fourth-order valence-electron chi connectivity index (χ4n) is 2.52. The van der Waals surface area contributed by atoms with Crippen LogP contribution in [0.3, 0.4) is 0 Å². The van der Waals surface area contributed by atoms with Crippen LogP contribution < -0.4 is 5.32 Å². The van der Waals surface area contributed by atoms with E-state index >= 15 is 0 Å². The summed E-state index contributed by atoms with van der Waals surface area (Å²) >= 11 is 7.20. The first-order valence-electron chi connectivity index (χ1n) is 7.96. The van der Waals surface area contributed by atoms with E-state index in [4.69, 9.17) is 11.6 Å². The predicted molar refractivity (Wildman–Crippen MR) is 108 cm³/mol. The molecule has 4 rings (SSSR count). The highest BCUT2D eigenvalue weighted by molar-refractivity contribution is 8.18. The van der Waals surface area contributed by atoms with Crippen molar-refractivity contribution in [1.82, 2.24) is 9.88 Å². The topological polar surface area (TPSA) is 46.4 Å². The summed E-state index contributed by atoms with van der Waals surface area (Å²) in [5.41, 5.74) is 2.78. The Morgan fingerprint density at radius 1 is 1.04 bits per heavy atom. The summed E-state index contributed by atoms with van der Waals surface area (Å²) in [6.45, 7) is 0.